The second-order valence-corrected chi connectivity index (χ2v) is 4.50. The van der Waals surface area contributed by atoms with Crippen molar-refractivity contribution in [1.82, 2.24) is 0 Å². The Morgan fingerprint density at radius 2 is 2.14 bits per heavy atom. The molecular formula is C16H23N3O3. The molecule has 0 aliphatic heterocycles. The summed E-state index contributed by atoms with van der Waals surface area (Å²) in [5.41, 5.74) is 12.1. The van der Waals surface area contributed by atoms with Gasteiger partial charge < -0.3 is 26.3 Å². The maximum Gasteiger partial charge on any atom is 0.224 e. The Bertz CT molecular complexity index is 535. The van der Waals surface area contributed by atoms with E-state index in [1.807, 2.05) is 0 Å². The lowest BCUT2D eigenvalue weighted by molar-refractivity contribution is -0.116. The number of carbonyl (C=O) groups is 1. The van der Waals surface area contributed by atoms with Gasteiger partial charge in [0.25, 0.3) is 0 Å². The Labute approximate surface area is 131 Å². The number of hydrogen-bond donors (Lipinski definition) is 3. The number of nitrogens with one attached hydrogen (secondary N) is 1. The molecule has 0 saturated heterocycles. The predicted molar refractivity (Wildman–Crippen MR) is 86.7 cm³/mol. The quantitative estimate of drug-likeness (QED) is 0.485. The van der Waals surface area contributed by atoms with Gasteiger partial charge in [-0.1, -0.05) is 11.8 Å². The van der Waals surface area contributed by atoms with Gasteiger partial charge in [0.05, 0.1) is 18.7 Å². The average Bonchev–Trinajstić information content (AvgIpc) is 2.52. The SMILES string of the molecule is COCCOc1ccc(NC(=O)CCCN)cc1C#CCN. The number of rotatable bonds is 8. The highest BCUT2D eigenvalue weighted by Crippen LogP contribution is 2.22. The minimum absolute atomic E-state index is 0.0729. The third-order valence-corrected chi connectivity index (χ3v) is 2.74. The number of ether oxygens (including phenoxy) is 2. The standard InChI is InChI=1S/C16H23N3O3/c1-21-10-11-22-15-7-6-14(12-13(15)4-2-8-17)19-16(20)5-3-9-18/h6-7,12H,3,5,8-11,17-18H2,1H3,(H,19,20). The van der Waals surface area contributed by atoms with Crippen LogP contribution >= 0.6 is 0 Å². The molecule has 0 saturated carbocycles. The van der Waals surface area contributed by atoms with Crippen LogP contribution in [-0.2, 0) is 9.53 Å². The molecule has 0 atom stereocenters. The highest BCUT2D eigenvalue weighted by Gasteiger charge is 2.06. The molecule has 1 aromatic rings. The van der Waals surface area contributed by atoms with Crippen LogP contribution in [0.1, 0.15) is 18.4 Å². The Morgan fingerprint density at radius 3 is 2.82 bits per heavy atom. The van der Waals surface area contributed by atoms with Crippen LogP contribution in [0.3, 0.4) is 0 Å². The number of benzene rings is 1. The molecule has 0 aliphatic carbocycles. The van der Waals surface area contributed by atoms with Crippen molar-refractivity contribution in [3.8, 4) is 17.6 Å². The highest BCUT2D eigenvalue weighted by atomic mass is 16.5. The third-order valence-electron chi connectivity index (χ3n) is 2.74. The Kier molecular flexibility index (Phi) is 8.69. The Hall–Kier alpha value is -2.07. The average molecular weight is 305 g/mol. The summed E-state index contributed by atoms with van der Waals surface area (Å²) in [5, 5.41) is 2.81. The van der Waals surface area contributed by atoms with Crippen LogP contribution in [0.5, 0.6) is 5.75 Å². The van der Waals surface area contributed by atoms with Crippen molar-refractivity contribution in [3.05, 3.63) is 23.8 Å². The van der Waals surface area contributed by atoms with Crippen LogP contribution in [0.2, 0.25) is 0 Å². The third kappa shape index (κ3) is 6.59. The second-order valence-electron chi connectivity index (χ2n) is 4.50. The van der Waals surface area contributed by atoms with Gasteiger partial charge in [0.15, 0.2) is 0 Å². The molecule has 1 aromatic carbocycles. The number of anilines is 1. The molecule has 0 radical (unpaired) electrons. The fraction of sp³-hybridized carbons (Fsp3) is 0.438. The summed E-state index contributed by atoms with van der Waals surface area (Å²) in [4.78, 5) is 11.7. The first-order valence-corrected chi connectivity index (χ1v) is 7.16. The first kappa shape index (κ1) is 18.0. The molecule has 6 heteroatoms. The van der Waals surface area contributed by atoms with Crippen molar-refractivity contribution in [1.29, 1.82) is 0 Å². The van der Waals surface area contributed by atoms with E-state index >= 15 is 0 Å². The van der Waals surface area contributed by atoms with Gasteiger partial charge in [-0.25, -0.2) is 0 Å². The second kappa shape index (κ2) is 10.6. The molecule has 120 valence electrons. The summed E-state index contributed by atoms with van der Waals surface area (Å²) >= 11 is 0. The van der Waals surface area contributed by atoms with Crippen LogP contribution in [0.4, 0.5) is 5.69 Å². The summed E-state index contributed by atoms with van der Waals surface area (Å²) in [6, 6.07) is 5.32. The lowest BCUT2D eigenvalue weighted by Gasteiger charge is -2.10. The molecule has 5 N–H and O–H groups in total. The Balaban J connectivity index is 2.82. The summed E-state index contributed by atoms with van der Waals surface area (Å²) < 4.78 is 10.6. The van der Waals surface area contributed by atoms with E-state index in [0.717, 1.165) is 0 Å². The molecule has 0 aliphatic rings. The zero-order valence-electron chi connectivity index (χ0n) is 12.9. The largest absolute Gasteiger partial charge is 0.490 e. The molecule has 1 rings (SSSR count). The van der Waals surface area contributed by atoms with E-state index in [4.69, 9.17) is 20.9 Å². The van der Waals surface area contributed by atoms with Gasteiger partial charge in [-0.3, -0.25) is 4.79 Å². The van der Waals surface area contributed by atoms with Gasteiger partial charge >= 0.3 is 0 Å². The van der Waals surface area contributed by atoms with E-state index in [-0.39, 0.29) is 12.5 Å². The van der Waals surface area contributed by atoms with Crippen molar-refractivity contribution in [2.45, 2.75) is 12.8 Å². The molecule has 0 fully saturated rings. The lowest BCUT2D eigenvalue weighted by atomic mass is 10.1. The van der Waals surface area contributed by atoms with Gasteiger partial charge in [0, 0.05) is 19.2 Å². The number of hydrogen-bond acceptors (Lipinski definition) is 5. The van der Waals surface area contributed by atoms with Crippen molar-refractivity contribution in [2.75, 3.05) is 38.7 Å². The normalized spacial score (nSPS) is 9.77. The summed E-state index contributed by atoms with van der Waals surface area (Å²) in [5.74, 6) is 6.30. The van der Waals surface area contributed by atoms with Crippen molar-refractivity contribution >= 4 is 11.6 Å². The van der Waals surface area contributed by atoms with E-state index < -0.39 is 0 Å². The minimum Gasteiger partial charge on any atom is -0.490 e. The van der Waals surface area contributed by atoms with E-state index in [1.54, 1.807) is 25.3 Å². The Morgan fingerprint density at radius 1 is 1.32 bits per heavy atom. The summed E-state index contributed by atoms with van der Waals surface area (Å²) in [7, 11) is 1.61. The zero-order chi connectivity index (χ0) is 16.2. The molecule has 0 unspecified atom stereocenters. The number of amides is 1. The number of nitrogens with two attached hydrogens (primary N) is 2. The zero-order valence-corrected chi connectivity index (χ0v) is 12.9. The lowest BCUT2D eigenvalue weighted by Crippen LogP contribution is -2.13. The van der Waals surface area contributed by atoms with Crippen LogP contribution in [0.25, 0.3) is 0 Å². The van der Waals surface area contributed by atoms with Gasteiger partial charge in [-0.2, -0.15) is 0 Å². The molecule has 0 aromatic heterocycles. The van der Waals surface area contributed by atoms with Crippen LogP contribution in [0.15, 0.2) is 18.2 Å². The van der Waals surface area contributed by atoms with Gasteiger partial charge in [0.2, 0.25) is 5.91 Å². The molecule has 6 nitrogen and oxygen atoms in total. The first-order valence-electron chi connectivity index (χ1n) is 7.16. The van der Waals surface area contributed by atoms with Crippen LogP contribution in [0, 0.1) is 11.8 Å². The number of carbonyl (C=O) groups excluding carboxylic acids is 1. The van der Waals surface area contributed by atoms with Gasteiger partial charge in [0.1, 0.15) is 12.4 Å². The van der Waals surface area contributed by atoms with Crippen molar-refractivity contribution < 1.29 is 14.3 Å². The van der Waals surface area contributed by atoms with Gasteiger partial charge in [-0.15, -0.1) is 0 Å². The monoisotopic (exact) mass is 305 g/mol. The predicted octanol–water partition coefficient (Wildman–Crippen LogP) is 0.699. The van der Waals surface area contributed by atoms with E-state index in [0.29, 0.717) is 49.6 Å². The van der Waals surface area contributed by atoms with E-state index in [1.165, 1.54) is 0 Å². The fourth-order valence-electron chi connectivity index (χ4n) is 1.70. The van der Waals surface area contributed by atoms with Crippen LogP contribution < -0.4 is 21.5 Å². The minimum atomic E-state index is -0.0729. The molecule has 0 bridgehead atoms. The molecule has 22 heavy (non-hydrogen) atoms. The molecule has 0 spiro atoms. The first-order chi connectivity index (χ1) is 10.7. The fourth-order valence-corrected chi connectivity index (χ4v) is 1.70. The number of methoxy groups -OCH3 is 1. The van der Waals surface area contributed by atoms with Crippen molar-refractivity contribution in [2.24, 2.45) is 11.5 Å². The van der Waals surface area contributed by atoms with Gasteiger partial charge in [-0.05, 0) is 31.2 Å². The molecule has 0 heterocycles. The molecular weight excluding hydrogens is 282 g/mol. The summed E-state index contributed by atoms with van der Waals surface area (Å²) in [6.07, 6.45) is 1.05. The van der Waals surface area contributed by atoms with Crippen molar-refractivity contribution in [3.63, 3.8) is 0 Å². The maximum atomic E-state index is 11.7. The topological polar surface area (TPSA) is 99.6 Å². The highest BCUT2D eigenvalue weighted by molar-refractivity contribution is 5.91. The molecule has 1 amide bonds. The maximum absolute atomic E-state index is 11.7. The van der Waals surface area contributed by atoms with Crippen LogP contribution in [-0.4, -0.2) is 39.3 Å². The van der Waals surface area contributed by atoms with E-state index in [9.17, 15) is 4.79 Å². The smallest absolute Gasteiger partial charge is 0.224 e. The van der Waals surface area contributed by atoms with E-state index in [2.05, 4.69) is 17.2 Å². The summed E-state index contributed by atoms with van der Waals surface area (Å²) in [6.45, 7) is 1.66.